The maximum Gasteiger partial charge on any atom is 0.353 e. The van der Waals surface area contributed by atoms with Crippen molar-refractivity contribution in [3.05, 3.63) is 108 Å². The molecule has 4 aromatic carbocycles. The number of benzene rings is 4. The number of rotatable bonds is 8. The van der Waals surface area contributed by atoms with Crippen molar-refractivity contribution in [2.75, 3.05) is 13.2 Å². The molecule has 3 N–H and O–H groups in total. The molecule has 0 fully saturated rings. The molecule has 0 aliphatic carbocycles. The Kier molecular flexibility index (Phi) is 9.75. The second-order valence-corrected chi connectivity index (χ2v) is 7.55. The van der Waals surface area contributed by atoms with E-state index >= 15 is 0 Å². The van der Waals surface area contributed by atoms with E-state index in [9.17, 15) is 4.79 Å². The molecular formula is C29H28N2O4. The lowest BCUT2D eigenvalue weighted by atomic mass is 10.0. The standard InChI is InChI=1S/C16H15NO3.C13H13NO/c1-12(16(18)19)17-20-11-5-9-14-8-4-7-13-6-2-3-10-15(13)14;14-15-10-4-8-12-7-3-6-11-5-1-2-9-13(11)12/h2-10H,11H2,1H3,(H,18,19);1-9H,10,14H2. The van der Waals surface area contributed by atoms with Crippen LogP contribution in [0.15, 0.2) is 102 Å². The molecule has 0 aliphatic rings. The molecular weight excluding hydrogens is 440 g/mol. The zero-order chi connectivity index (χ0) is 24.9. The maximum atomic E-state index is 10.5. The van der Waals surface area contributed by atoms with Crippen molar-refractivity contribution in [2.24, 2.45) is 11.1 Å². The first-order valence-corrected chi connectivity index (χ1v) is 11.1. The van der Waals surface area contributed by atoms with Crippen LogP contribution >= 0.6 is 0 Å². The van der Waals surface area contributed by atoms with Crippen LogP contribution in [-0.2, 0) is 14.5 Å². The summed E-state index contributed by atoms with van der Waals surface area (Å²) in [5.74, 6) is 3.87. The molecule has 0 radical (unpaired) electrons. The van der Waals surface area contributed by atoms with Gasteiger partial charge in [-0.25, -0.2) is 10.7 Å². The topological polar surface area (TPSA) is 94.1 Å². The molecule has 6 heteroatoms. The summed E-state index contributed by atoms with van der Waals surface area (Å²) in [4.78, 5) is 19.9. The van der Waals surface area contributed by atoms with Crippen LogP contribution in [0.1, 0.15) is 18.1 Å². The van der Waals surface area contributed by atoms with E-state index in [1.807, 2.05) is 60.7 Å². The normalized spacial score (nSPS) is 11.7. The number of fused-ring (bicyclic) bond motifs is 2. The smallest absolute Gasteiger partial charge is 0.353 e. The second-order valence-electron chi connectivity index (χ2n) is 7.55. The van der Waals surface area contributed by atoms with E-state index in [1.165, 1.54) is 28.6 Å². The lowest BCUT2D eigenvalue weighted by Crippen LogP contribution is -2.08. The van der Waals surface area contributed by atoms with Gasteiger partial charge in [-0.05, 0) is 45.7 Å². The van der Waals surface area contributed by atoms with Gasteiger partial charge in [-0.3, -0.25) is 0 Å². The van der Waals surface area contributed by atoms with E-state index in [2.05, 4.69) is 52.5 Å². The van der Waals surface area contributed by atoms with Gasteiger partial charge >= 0.3 is 5.97 Å². The van der Waals surface area contributed by atoms with E-state index in [1.54, 1.807) is 6.08 Å². The molecule has 0 saturated carbocycles. The Morgan fingerprint density at radius 3 is 1.80 bits per heavy atom. The van der Waals surface area contributed by atoms with Gasteiger partial charge in [0, 0.05) is 0 Å². The molecule has 0 atom stereocenters. The lowest BCUT2D eigenvalue weighted by molar-refractivity contribution is -0.129. The molecule has 0 amide bonds. The van der Waals surface area contributed by atoms with Gasteiger partial charge in [0.25, 0.3) is 0 Å². The predicted octanol–water partition coefficient (Wildman–Crippen LogP) is 6.07. The molecule has 6 nitrogen and oxygen atoms in total. The molecule has 0 aliphatic heterocycles. The first kappa shape index (κ1) is 25.4. The van der Waals surface area contributed by atoms with Gasteiger partial charge in [-0.2, -0.15) is 0 Å². The minimum atomic E-state index is -1.08. The molecule has 178 valence electrons. The highest BCUT2D eigenvalue weighted by Gasteiger charge is 2.01. The Morgan fingerprint density at radius 1 is 0.800 bits per heavy atom. The lowest BCUT2D eigenvalue weighted by Gasteiger charge is -2.01. The van der Waals surface area contributed by atoms with E-state index in [0.717, 1.165) is 10.9 Å². The van der Waals surface area contributed by atoms with Crippen LogP contribution in [0, 0.1) is 0 Å². The molecule has 0 spiro atoms. The number of nitrogens with zero attached hydrogens (tertiary/aromatic N) is 1. The molecule has 4 aromatic rings. The highest BCUT2D eigenvalue weighted by atomic mass is 16.6. The van der Waals surface area contributed by atoms with Gasteiger partial charge in [-0.15, -0.1) is 0 Å². The highest BCUT2D eigenvalue weighted by Crippen LogP contribution is 2.20. The number of oxime groups is 1. The van der Waals surface area contributed by atoms with Crippen molar-refractivity contribution in [1.29, 1.82) is 0 Å². The van der Waals surface area contributed by atoms with Crippen molar-refractivity contribution in [3.63, 3.8) is 0 Å². The van der Waals surface area contributed by atoms with Crippen LogP contribution in [0.25, 0.3) is 33.7 Å². The molecule has 0 unspecified atom stereocenters. The van der Waals surface area contributed by atoms with E-state index < -0.39 is 5.97 Å². The minimum absolute atomic E-state index is 0.0661. The van der Waals surface area contributed by atoms with Gasteiger partial charge in [0.1, 0.15) is 6.61 Å². The zero-order valence-corrected chi connectivity index (χ0v) is 19.5. The van der Waals surface area contributed by atoms with Crippen molar-refractivity contribution in [3.8, 4) is 0 Å². The maximum absolute atomic E-state index is 10.5. The van der Waals surface area contributed by atoms with Crippen LogP contribution in [0.2, 0.25) is 0 Å². The quantitative estimate of drug-likeness (QED) is 0.186. The Labute approximate surface area is 204 Å². The fourth-order valence-electron chi connectivity index (χ4n) is 3.41. The Balaban J connectivity index is 0.000000203. The molecule has 0 heterocycles. The number of nitrogens with two attached hydrogens (primary N) is 1. The van der Waals surface area contributed by atoms with Gasteiger partial charge in [-0.1, -0.05) is 108 Å². The fourth-order valence-corrected chi connectivity index (χ4v) is 3.41. The number of carboxylic acid groups (broad SMARTS) is 1. The summed E-state index contributed by atoms with van der Waals surface area (Å²) in [5, 5.41) is 16.9. The zero-order valence-electron chi connectivity index (χ0n) is 19.5. The summed E-state index contributed by atoms with van der Waals surface area (Å²) in [6, 6.07) is 28.7. The number of hydrogen-bond donors (Lipinski definition) is 2. The van der Waals surface area contributed by atoms with Crippen molar-refractivity contribution < 1.29 is 19.6 Å². The number of carbonyl (C=O) groups is 1. The summed E-state index contributed by atoms with van der Waals surface area (Å²) >= 11 is 0. The largest absolute Gasteiger partial charge is 0.477 e. The van der Waals surface area contributed by atoms with E-state index in [-0.39, 0.29) is 12.3 Å². The SMILES string of the molecule is CC(=NOCC=Cc1cccc2ccccc12)C(=O)O.NOCC=Cc1cccc2ccccc12. The van der Waals surface area contributed by atoms with Gasteiger partial charge in [0.15, 0.2) is 5.71 Å². The van der Waals surface area contributed by atoms with Crippen molar-refractivity contribution >= 4 is 45.4 Å². The minimum Gasteiger partial charge on any atom is -0.477 e. The Bertz CT molecular complexity index is 1350. The van der Waals surface area contributed by atoms with E-state index in [4.69, 9.17) is 15.8 Å². The van der Waals surface area contributed by atoms with Crippen LogP contribution in [0.3, 0.4) is 0 Å². The van der Waals surface area contributed by atoms with E-state index in [0.29, 0.717) is 6.61 Å². The number of carboxylic acids is 1. The van der Waals surface area contributed by atoms with Gasteiger partial charge < -0.3 is 14.8 Å². The predicted molar refractivity (Wildman–Crippen MR) is 143 cm³/mol. The average molecular weight is 469 g/mol. The third kappa shape index (κ3) is 7.64. The third-order valence-corrected chi connectivity index (χ3v) is 5.12. The second kappa shape index (κ2) is 13.4. The summed E-state index contributed by atoms with van der Waals surface area (Å²) in [6.07, 6.45) is 7.67. The Morgan fingerprint density at radius 2 is 1.29 bits per heavy atom. The molecule has 35 heavy (non-hydrogen) atoms. The molecule has 0 aromatic heterocycles. The Hall–Kier alpha value is -4.26. The summed E-state index contributed by atoms with van der Waals surface area (Å²) in [5.41, 5.74) is 2.21. The molecule has 0 saturated heterocycles. The first-order chi connectivity index (χ1) is 17.1. The highest BCUT2D eigenvalue weighted by molar-refractivity contribution is 6.34. The van der Waals surface area contributed by atoms with Crippen LogP contribution < -0.4 is 5.90 Å². The summed E-state index contributed by atoms with van der Waals surface area (Å²) in [7, 11) is 0. The summed E-state index contributed by atoms with van der Waals surface area (Å²) < 4.78 is 0. The van der Waals surface area contributed by atoms with Gasteiger partial charge in [0.2, 0.25) is 0 Å². The van der Waals surface area contributed by atoms with Crippen LogP contribution in [0.4, 0.5) is 0 Å². The van der Waals surface area contributed by atoms with Gasteiger partial charge in [0.05, 0.1) is 6.61 Å². The summed E-state index contributed by atoms with van der Waals surface area (Å²) in [6.45, 7) is 2.05. The number of hydrogen-bond acceptors (Lipinski definition) is 5. The van der Waals surface area contributed by atoms with Crippen molar-refractivity contribution in [1.82, 2.24) is 0 Å². The average Bonchev–Trinajstić information content (AvgIpc) is 2.89. The fraction of sp³-hybridized carbons (Fsp3) is 0.103. The van der Waals surface area contributed by atoms with Crippen LogP contribution in [0.5, 0.6) is 0 Å². The molecule has 0 bridgehead atoms. The van der Waals surface area contributed by atoms with Crippen molar-refractivity contribution in [2.45, 2.75) is 6.92 Å². The first-order valence-electron chi connectivity index (χ1n) is 11.1. The third-order valence-electron chi connectivity index (χ3n) is 5.12. The number of aliphatic carboxylic acids is 1. The monoisotopic (exact) mass is 468 g/mol. The van der Waals surface area contributed by atoms with Crippen LogP contribution in [-0.4, -0.2) is 30.0 Å². The molecule has 4 rings (SSSR count).